The third kappa shape index (κ3) is 14.5. The van der Waals surface area contributed by atoms with Crippen molar-refractivity contribution in [1.29, 1.82) is 0 Å². The van der Waals surface area contributed by atoms with E-state index in [9.17, 15) is 29.3 Å². The van der Waals surface area contributed by atoms with Gasteiger partial charge in [-0.1, -0.05) is 42.5 Å². The minimum atomic E-state index is -0.924. The number of benzene rings is 4. The number of imide groups is 2. The zero-order chi connectivity index (χ0) is 51.8. The predicted molar refractivity (Wildman–Crippen MR) is 266 cm³/mol. The van der Waals surface area contributed by atoms with Gasteiger partial charge in [-0.2, -0.15) is 9.80 Å². The van der Waals surface area contributed by atoms with Crippen molar-refractivity contribution in [3.05, 3.63) is 131 Å². The van der Waals surface area contributed by atoms with Crippen molar-refractivity contribution < 1.29 is 52.5 Å². The van der Waals surface area contributed by atoms with Gasteiger partial charge in [0, 0.05) is 51.4 Å². The van der Waals surface area contributed by atoms with Gasteiger partial charge in [0.1, 0.15) is 47.1 Å². The zero-order valence-electron chi connectivity index (χ0n) is 41.5. The highest BCUT2D eigenvalue weighted by molar-refractivity contribution is 6.11. The van der Waals surface area contributed by atoms with Crippen molar-refractivity contribution in [3.8, 4) is 11.5 Å². The average molecular weight is 961 g/mol. The van der Waals surface area contributed by atoms with E-state index in [1.165, 1.54) is 30.7 Å². The number of carbonyl (C=O) groups excluding carboxylic acids is 4. The lowest BCUT2D eigenvalue weighted by molar-refractivity contribution is -0.383. The molecule has 0 unspecified atom stereocenters. The second kappa shape index (κ2) is 21.5. The van der Waals surface area contributed by atoms with E-state index in [4.69, 9.17) is 34.2 Å². The number of rotatable bonds is 9. The summed E-state index contributed by atoms with van der Waals surface area (Å²) in [5, 5.41) is 14.1. The van der Waals surface area contributed by atoms with E-state index >= 15 is 0 Å². The lowest BCUT2D eigenvalue weighted by Crippen LogP contribution is -2.44. The summed E-state index contributed by atoms with van der Waals surface area (Å²) >= 11 is 0. The van der Waals surface area contributed by atoms with Gasteiger partial charge in [0.05, 0.1) is 34.1 Å². The standard InChI is InChI=1S/C26H29N3O7.C26H31N3O5/c1-25(2,3)35-23(30)28(24(31)36-26(4,5)6)21-15-27-14-13-17(21)16-34-22-12-11-20(29(32)33)18-9-7-8-10-19(18)22;1-25(2,3)33-23(30)29(24(31)34-26(4,5)6)21-15-28-14-13-17(21)16-32-22-12-11-20(27)18-9-7-8-10-19(18)22/h7-15H,16H2,1-6H3;7-15H,16,27H2,1-6H3. The van der Waals surface area contributed by atoms with Crippen molar-refractivity contribution in [2.75, 3.05) is 15.5 Å². The molecule has 370 valence electrons. The Morgan fingerprint density at radius 1 is 0.514 bits per heavy atom. The topological polar surface area (TPSA) is 225 Å². The summed E-state index contributed by atoms with van der Waals surface area (Å²) in [5.41, 5.74) is 4.67. The fourth-order valence-electron chi connectivity index (χ4n) is 6.52. The number of carbonyl (C=O) groups is 4. The van der Waals surface area contributed by atoms with Crippen molar-refractivity contribution >= 4 is 68.7 Å². The molecule has 6 rings (SSSR count). The van der Waals surface area contributed by atoms with Crippen LogP contribution in [0, 0.1) is 10.1 Å². The van der Waals surface area contributed by atoms with Crippen LogP contribution in [0.2, 0.25) is 0 Å². The third-order valence-corrected chi connectivity index (χ3v) is 9.30. The maximum atomic E-state index is 13.1. The molecule has 18 nitrogen and oxygen atoms in total. The molecule has 2 N–H and O–H groups in total. The van der Waals surface area contributed by atoms with E-state index < -0.39 is 51.7 Å². The first-order chi connectivity index (χ1) is 32.6. The summed E-state index contributed by atoms with van der Waals surface area (Å²) in [7, 11) is 0. The summed E-state index contributed by atoms with van der Waals surface area (Å²) in [5.74, 6) is 1.02. The Balaban J connectivity index is 0.000000261. The molecule has 6 aromatic rings. The summed E-state index contributed by atoms with van der Waals surface area (Å²) < 4.78 is 34.0. The molecule has 0 bridgehead atoms. The van der Waals surface area contributed by atoms with Gasteiger partial charge >= 0.3 is 24.4 Å². The van der Waals surface area contributed by atoms with Gasteiger partial charge < -0.3 is 34.2 Å². The van der Waals surface area contributed by atoms with Crippen LogP contribution >= 0.6 is 0 Å². The molecule has 2 aromatic heterocycles. The molecular weight excluding hydrogens is 901 g/mol. The first kappa shape index (κ1) is 52.9. The number of nitro benzene ring substituents is 1. The van der Waals surface area contributed by atoms with Crippen LogP contribution in [-0.2, 0) is 32.2 Å². The number of nitrogens with two attached hydrogens (primary N) is 1. The average Bonchev–Trinajstić information content (AvgIpc) is 3.24. The molecule has 70 heavy (non-hydrogen) atoms. The molecule has 0 fully saturated rings. The molecule has 0 saturated carbocycles. The van der Waals surface area contributed by atoms with Crippen molar-refractivity contribution in [3.63, 3.8) is 0 Å². The number of amides is 4. The SMILES string of the molecule is CC(C)(C)OC(=O)N(C(=O)OC(C)(C)C)c1cnccc1COc1ccc(N)c2ccccc12.CC(C)(C)OC(=O)N(C(=O)OC(C)(C)C)c1cnccc1COc1ccc([N+](=O)[O-])c2ccccc12. The van der Waals surface area contributed by atoms with Crippen molar-refractivity contribution in [2.45, 2.75) is 119 Å². The Morgan fingerprint density at radius 3 is 1.23 bits per heavy atom. The quantitative estimate of drug-likeness (QED) is 0.0615. The van der Waals surface area contributed by atoms with E-state index in [2.05, 4.69) is 9.97 Å². The van der Waals surface area contributed by atoms with Crippen LogP contribution in [0.4, 0.5) is 41.9 Å². The van der Waals surface area contributed by atoms with E-state index in [0.717, 1.165) is 20.6 Å². The first-order valence-electron chi connectivity index (χ1n) is 22.2. The number of pyridine rings is 2. The number of nitro groups is 1. The van der Waals surface area contributed by atoms with Crippen molar-refractivity contribution in [2.24, 2.45) is 0 Å². The molecule has 4 amide bonds. The second-order valence-corrected chi connectivity index (χ2v) is 19.8. The number of ether oxygens (including phenoxy) is 6. The lowest BCUT2D eigenvalue weighted by Gasteiger charge is -2.29. The van der Waals surface area contributed by atoms with Crippen LogP contribution in [0.15, 0.2) is 110 Å². The lowest BCUT2D eigenvalue weighted by atomic mass is 10.1. The predicted octanol–water partition coefficient (Wildman–Crippen LogP) is 12.5. The number of nitrogen functional groups attached to an aromatic ring is 1. The summed E-state index contributed by atoms with van der Waals surface area (Å²) in [6.07, 6.45) is 2.24. The first-order valence-corrected chi connectivity index (χ1v) is 22.2. The maximum Gasteiger partial charge on any atom is 0.424 e. The number of aromatic nitrogens is 2. The summed E-state index contributed by atoms with van der Waals surface area (Å²) in [6.45, 7) is 20.4. The summed E-state index contributed by atoms with van der Waals surface area (Å²) in [6, 6.07) is 24.2. The van der Waals surface area contributed by atoms with E-state index in [1.54, 1.807) is 138 Å². The van der Waals surface area contributed by atoms with E-state index in [0.29, 0.717) is 39.1 Å². The van der Waals surface area contributed by atoms with Gasteiger partial charge in [-0.15, -0.1) is 0 Å². The minimum absolute atomic E-state index is 0.0384. The Labute approximate surface area is 406 Å². The van der Waals surface area contributed by atoms with Gasteiger partial charge in [-0.3, -0.25) is 20.1 Å². The van der Waals surface area contributed by atoms with Gasteiger partial charge in [-0.05, 0) is 119 Å². The highest BCUT2D eigenvalue weighted by Crippen LogP contribution is 2.35. The van der Waals surface area contributed by atoms with Gasteiger partial charge in [0.25, 0.3) is 5.69 Å². The van der Waals surface area contributed by atoms with Crippen LogP contribution in [-0.4, -0.2) is 61.7 Å². The molecule has 0 spiro atoms. The molecule has 0 aliphatic rings. The number of hydrogen-bond acceptors (Lipinski definition) is 15. The smallest absolute Gasteiger partial charge is 0.424 e. The maximum absolute atomic E-state index is 13.1. The molecule has 0 atom stereocenters. The molecule has 0 radical (unpaired) electrons. The molecule has 4 aromatic carbocycles. The largest absolute Gasteiger partial charge is 0.488 e. The van der Waals surface area contributed by atoms with Gasteiger partial charge in [0.15, 0.2) is 0 Å². The van der Waals surface area contributed by atoms with Gasteiger partial charge in [0.2, 0.25) is 0 Å². The number of fused-ring (bicyclic) bond motifs is 2. The van der Waals surface area contributed by atoms with Gasteiger partial charge in [-0.25, -0.2) is 19.2 Å². The number of non-ortho nitro benzene ring substituents is 1. The third-order valence-electron chi connectivity index (χ3n) is 9.30. The Hall–Kier alpha value is -8.02. The summed E-state index contributed by atoms with van der Waals surface area (Å²) in [4.78, 5) is 73.0. The van der Waals surface area contributed by atoms with Crippen molar-refractivity contribution in [1.82, 2.24) is 9.97 Å². The molecule has 0 aliphatic carbocycles. The van der Waals surface area contributed by atoms with Crippen LogP contribution in [0.3, 0.4) is 0 Å². The van der Waals surface area contributed by atoms with E-state index in [-0.39, 0.29) is 30.3 Å². The second-order valence-electron chi connectivity index (χ2n) is 19.8. The van der Waals surface area contributed by atoms with Crippen LogP contribution in [0.1, 0.15) is 94.2 Å². The number of nitrogens with zero attached hydrogens (tertiary/aromatic N) is 5. The molecule has 2 heterocycles. The number of anilines is 3. The van der Waals surface area contributed by atoms with Crippen LogP contribution < -0.4 is 25.0 Å². The molecule has 0 saturated heterocycles. The van der Waals surface area contributed by atoms with Crippen LogP contribution in [0.25, 0.3) is 21.5 Å². The van der Waals surface area contributed by atoms with E-state index in [1.807, 2.05) is 24.3 Å². The van der Waals surface area contributed by atoms with Crippen LogP contribution in [0.5, 0.6) is 11.5 Å². The molecule has 18 heteroatoms. The highest BCUT2D eigenvalue weighted by atomic mass is 16.6. The Morgan fingerprint density at radius 2 is 0.857 bits per heavy atom. The normalized spacial score (nSPS) is 11.7. The molecular formula is C52H60N6O12. The fraction of sp³-hybridized carbons (Fsp3) is 0.346. The highest BCUT2D eigenvalue weighted by Gasteiger charge is 2.36. The minimum Gasteiger partial charge on any atom is -0.488 e. The molecule has 0 aliphatic heterocycles. The zero-order valence-corrected chi connectivity index (χ0v) is 41.5. The Kier molecular flexibility index (Phi) is 16.3. The Bertz CT molecular complexity index is 2820. The fourth-order valence-corrected chi connectivity index (χ4v) is 6.52. The monoisotopic (exact) mass is 960 g/mol. The number of hydrogen-bond donors (Lipinski definition) is 1.